The summed E-state index contributed by atoms with van der Waals surface area (Å²) in [6, 6.07) is 6.10. The maximum atomic E-state index is 13.1. The summed E-state index contributed by atoms with van der Waals surface area (Å²) in [5, 5.41) is 19.5. The van der Waals surface area contributed by atoms with Crippen molar-refractivity contribution < 1.29 is 9.50 Å². The quantitative estimate of drug-likeness (QED) is 0.941. The van der Waals surface area contributed by atoms with Gasteiger partial charge in [-0.1, -0.05) is 12.1 Å². The van der Waals surface area contributed by atoms with Crippen molar-refractivity contribution in [1.29, 1.82) is 0 Å². The van der Waals surface area contributed by atoms with Crippen molar-refractivity contribution in [3.05, 3.63) is 41.5 Å². The van der Waals surface area contributed by atoms with Gasteiger partial charge in [-0.2, -0.15) is 0 Å². The lowest BCUT2D eigenvalue weighted by Crippen LogP contribution is -2.31. The molecule has 1 saturated heterocycles. The van der Waals surface area contributed by atoms with E-state index in [-0.39, 0.29) is 5.82 Å². The Bertz CT molecular complexity index is 695. The zero-order chi connectivity index (χ0) is 15.3. The van der Waals surface area contributed by atoms with E-state index in [0.29, 0.717) is 25.4 Å². The van der Waals surface area contributed by atoms with Crippen LogP contribution in [0.4, 0.5) is 10.3 Å². The molecule has 1 aliphatic heterocycles. The number of nitrogens with zero attached hydrogens (tertiary/aromatic N) is 4. The minimum absolute atomic E-state index is 0.287. The molecule has 1 aromatic heterocycles. The lowest BCUT2D eigenvalue weighted by molar-refractivity contribution is 0.0605. The Hall–Kier alpha value is -1.95. The molecule has 0 bridgehead atoms. The Balaban J connectivity index is 1.58. The van der Waals surface area contributed by atoms with Gasteiger partial charge >= 0.3 is 0 Å². The molecule has 1 aromatic carbocycles. The Morgan fingerprint density at radius 1 is 1.23 bits per heavy atom. The van der Waals surface area contributed by atoms with E-state index in [1.54, 1.807) is 12.1 Å². The second-order valence-electron chi connectivity index (χ2n) is 6.40. The van der Waals surface area contributed by atoms with Crippen molar-refractivity contribution in [3.63, 3.8) is 0 Å². The smallest absolute Gasteiger partial charge is 0.227 e. The zero-order valence-corrected chi connectivity index (χ0v) is 12.5. The van der Waals surface area contributed by atoms with Crippen LogP contribution in [0.2, 0.25) is 0 Å². The van der Waals surface area contributed by atoms with E-state index < -0.39 is 5.60 Å². The van der Waals surface area contributed by atoms with Crippen molar-refractivity contribution in [2.45, 2.75) is 30.8 Å². The number of hydrogen-bond acceptors (Lipinski definition) is 4. The van der Waals surface area contributed by atoms with Crippen LogP contribution in [0.3, 0.4) is 0 Å². The fourth-order valence-electron chi connectivity index (χ4n) is 3.27. The van der Waals surface area contributed by atoms with Gasteiger partial charge in [0.2, 0.25) is 5.95 Å². The number of aromatic nitrogens is 3. The standard InChI is InChI=1S/C16H19FN4O/c1-20-14(11-2-3-11)18-19-15(20)21-9-8-16(22,10-21)12-4-6-13(17)7-5-12/h4-7,11,22H,2-3,8-10H2,1H3. The fraction of sp³-hybridized carbons (Fsp3) is 0.500. The van der Waals surface area contributed by atoms with Gasteiger partial charge in [-0.15, -0.1) is 10.2 Å². The van der Waals surface area contributed by atoms with Crippen molar-refractivity contribution in [1.82, 2.24) is 14.8 Å². The lowest BCUT2D eigenvalue weighted by atomic mass is 9.93. The zero-order valence-electron chi connectivity index (χ0n) is 12.5. The molecule has 2 aromatic rings. The minimum atomic E-state index is -0.959. The Labute approximate surface area is 128 Å². The summed E-state index contributed by atoms with van der Waals surface area (Å²) in [6.45, 7) is 1.17. The number of halogens is 1. The molecule has 1 aliphatic carbocycles. The summed E-state index contributed by atoms with van der Waals surface area (Å²) < 4.78 is 15.1. The van der Waals surface area contributed by atoms with Gasteiger partial charge < -0.3 is 14.6 Å². The van der Waals surface area contributed by atoms with Crippen molar-refractivity contribution >= 4 is 5.95 Å². The third-order valence-corrected chi connectivity index (χ3v) is 4.74. The molecule has 1 saturated carbocycles. The highest BCUT2D eigenvalue weighted by molar-refractivity contribution is 5.38. The highest BCUT2D eigenvalue weighted by Crippen LogP contribution is 2.40. The number of rotatable bonds is 3. The van der Waals surface area contributed by atoms with Gasteiger partial charge in [-0.05, 0) is 37.0 Å². The predicted octanol–water partition coefficient (Wildman–Crippen LogP) is 1.93. The predicted molar refractivity (Wildman–Crippen MR) is 80.1 cm³/mol. The van der Waals surface area contributed by atoms with E-state index in [1.165, 1.54) is 25.0 Å². The molecule has 0 spiro atoms. The van der Waals surface area contributed by atoms with E-state index in [9.17, 15) is 9.50 Å². The monoisotopic (exact) mass is 302 g/mol. The Morgan fingerprint density at radius 2 is 1.95 bits per heavy atom. The SMILES string of the molecule is Cn1c(C2CC2)nnc1N1CCC(O)(c2ccc(F)cc2)C1. The van der Waals surface area contributed by atoms with Crippen LogP contribution in [-0.2, 0) is 12.6 Å². The number of β-amino-alcohol motifs (C(OH)–C–C–N with tert-alkyl or cyclic N) is 1. The number of benzene rings is 1. The fourth-order valence-corrected chi connectivity index (χ4v) is 3.27. The summed E-state index contributed by atoms with van der Waals surface area (Å²) in [5.74, 6) is 2.10. The molecule has 2 aliphatic rings. The van der Waals surface area contributed by atoms with Gasteiger partial charge in [0.25, 0.3) is 0 Å². The van der Waals surface area contributed by atoms with Crippen LogP contribution < -0.4 is 4.90 Å². The number of aliphatic hydroxyl groups is 1. The molecular formula is C16H19FN4O. The summed E-state index contributed by atoms with van der Waals surface area (Å²) in [5.41, 5.74) is -0.208. The normalized spacial score (nSPS) is 25.0. The highest BCUT2D eigenvalue weighted by Gasteiger charge is 2.40. The summed E-state index contributed by atoms with van der Waals surface area (Å²) in [7, 11) is 1.98. The molecule has 1 atom stereocenters. The van der Waals surface area contributed by atoms with Gasteiger partial charge in [-0.25, -0.2) is 4.39 Å². The Kier molecular flexibility index (Phi) is 2.97. The highest BCUT2D eigenvalue weighted by atomic mass is 19.1. The van der Waals surface area contributed by atoms with Crippen molar-refractivity contribution in [2.24, 2.45) is 7.05 Å². The third kappa shape index (κ3) is 2.18. The number of hydrogen-bond donors (Lipinski definition) is 1. The Morgan fingerprint density at radius 3 is 2.64 bits per heavy atom. The molecule has 0 radical (unpaired) electrons. The molecule has 1 N–H and O–H groups in total. The first-order chi connectivity index (χ1) is 10.6. The van der Waals surface area contributed by atoms with Gasteiger partial charge in [-0.3, -0.25) is 0 Å². The van der Waals surface area contributed by atoms with Crippen LogP contribution in [0, 0.1) is 5.82 Å². The van der Waals surface area contributed by atoms with Crippen LogP contribution in [0.25, 0.3) is 0 Å². The maximum Gasteiger partial charge on any atom is 0.227 e. The molecule has 5 nitrogen and oxygen atoms in total. The van der Waals surface area contributed by atoms with Crippen molar-refractivity contribution in [3.8, 4) is 0 Å². The van der Waals surface area contributed by atoms with Gasteiger partial charge in [0.05, 0.1) is 6.54 Å². The molecule has 6 heteroatoms. The molecule has 4 rings (SSSR count). The van der Waals surface area contributed by atoms with Crippen LogP contribution in [0.15, 0.2) is 24.3 Å². The van der Waals surface area contributed by atoms with Gasteiger partial charge in [0.15, 0.2) is 0 Å². The van der Waals surface area contributed by atoms with E-state index >= 15 is 0 Å². The van der Waals surface area contributed by atoms with Crippen LogP contribution in [-0.4, -0.2) is 33.0 Å². The second kappa shape index (κ2) is 4.78. The second-order valence-corrected chi connectivity index (χ2v) is 6.40. The van der Waals surface area contributed by atoms with Crippen LogP contribution in [0.1, 0.15) is 36.6 Å². The van der Waals surface area contributed by atoms with E-state index in [4.69, 9.17) is 0 Å². The van der Waals surface area contributed by atoms with Crippen LogP contribution in [0.5, 0.6) is 0 Å². The van der Waals surface area contributed by atoms with E-state index in [0.717, 1.165) is 17.3 Å². The molecular weight excluding hydrogens is 283 g/mol. The first-order valence-electron chi connectivity index (χ1n) is 7.69. The first-order valence-corrected chi connectivity index (χ1v) is 7.69. The van der Waals surface area contributed by atoms with Gasteiger partial charge in [0, 0.05) is 19.5 Å². The molecule has 116 valence electrons. The average Bonchev–Trinajstić information content (AvgIpc) is 3.16. The van der Waals surface area contributed by atoms with Crippen LogP contribution >= 0.6 is 0 Å². The molecule has 2 fully saturated rings. The van der Waals surface area contributed by atoms with Gasteiger partial charge in [0.1, 0.15) is 17.2 Å². The summed E-state index contributed by atoms with van der Waals surface area (Å²) in [4.78, 5) is 2.06. The molecule has 0 amide bonds. The van der Waals surface area contributed by atoms with E-state index in [2.05, 4.69) is 15.1 Å². The summed E-state index contributed by atoms with van der Waals surface area (Å²) in [6.07, 6.45) is 2.97. The lowest BCUT2D eigenvalue weighted by Gasteiger charge is -2.24. The topological polar surface area (TPSA) is 54.2 Å². The maximum absolute atomic E-state index is 13.1. The first kappa shape index (κ1) is 13.7. The molecule has 22 heavy (non-hydrogen) atoms. The number of anilines is 1. The summed E-state index contributed by atoms with van der Waals surface area (Å²) >= 11 is 0. The molecule has 1 unspecified atom stereocenters. The minimum Gasteiger partial charge on any atom is -0.383 e. The third-order valence-electron chi connectivity index (χ3n) is 4.74. The molecule has 2 heterocycles. The van der Waals surface area contributed by atoms with Crippen molar-refractivity contribution in [2.75, 3.05) is 18.0 Å². The average molecular weight is 302 g/mol. The van der Waals surface area contributed by atoms with E-state index in [1.807, 2.05) is 11.6 Å². The largest absolute Gasteiger partial charge is 0.383 e.